The molecule has 1 rings (SSSR count). The van der Waals surface area contributed by atoms with Crippen molar-refractivity contribution < 1.29 is 14.6 Å². The number of hydrogen-bond acceptors (Lipinski definition) is 5. The maximum Gasteiger partial charge on any atom is 0.337 e. The fourth-order valence-electron chi connectivity index (χ4n) is 0.896. The van der Waals surface area contributed by atoms with Gasteiger partial charge in [0.15, 0.2) is 0 Å². The van der Waals surface area contributed by atoms with E-state index in [-0.39, 0.29) is 11.4 Å². The molecule has 0 spiro atoms. The summed E-state index contributed by atoms with van der Waals surface area (Å²) in [6.07, 6.45) is 0. The Morgan fingerprint density at radius 3 is 2.85 bits per heavy atom. The van der Waals surface area contributed by atoms with Gasteiger partial charge >= 0.3 is 5.97 Å². The molecule has 0 amide bonds. The average molecular weight is 182 g/mol. The predicted octanol–water partition coefficient (Wildman–Crippen LogP) is 0.464. The second kappa shape index (κ2) is 3.77. The fourth-order valence-corrected chi connectivity index (χ4v) is 0.896. The summed E-state index contributed by atoms with van der Waals surface area (Å²) in [7, 11) is 1.28. The van der Waals surface area contributed by atoms with Crippen molar-refractivity contribution in [1.29, 1.82) is 0 Å². The fraction of sp³-hybridized carbons (Fsp3) is 0.125. The number of aromatic hydroxyl groups is 1. The van der Waals surface area contributed by atoms with Crippen LogP contribution in [0.15, 0.2) is 18.2 Å². The molecule has 0 radical (unpaired) electrons. The number of esters is 1. The maximum atomic E-state index is 11.0. The van der Waals surface area contributed by atoms with Crippen LogP contribution >= 0.6 is 0 Å². The zero-order valence-electron chi connectivity index (χ0n) is 7.07. The third-order valence-corrected chi connectivity index (χ3v) is 1.57. The molecule has 5 nitrogen and oxygen atoms in total. The molecule has 5 heteroatoms. The highest BCUT2D eigenvalue weighted by Crippen LogP contribution is 2.23. The monoisotopic (exact) mass is 182 g/mol. The number of ether oxygens (including phenoxy) is 1. The van der Waals surface area contributed by atoms with E-state index in [1.807, 2.05) is 0 Å². The van der Waals surface area contributed by atoms with Crippen LogP contribution in [-0.2, 0) is 4.74 Å². The molecule has 0 heterocycles. The summed E-state index contributed by atoms with van der Waals surface area (Å²) in [6.45, 7) is 0. The first-order valence-electron chi connectivity index (χ1n) is 3.57. The molecule has 0 saturated carbocycles. The van der Waals surface area contributed by atoms with E-state index in [2.05, 4.69) is 10.2 Å². The van der Waals surface area contributed by atoms with E-state index in [1.165, 1.54) is 25.3 Å². The Balaban J connectivity index is 3.06. The molecule has 4 N–H and O–H groups in total. The van der Waals surface area contributed by atoms with E-state index >= 15 is 0 Å². The first-order chi connectivity index (χ1) is 6.19. The van der Waals surface area contributed by atoms with Gasteiger partial charge in [0.05, 0.1) is 18.4 Å². The molecule has 0 bridgehead atoms. The van der Waals surface area contributed by atoms with Gasteiger partial charge in [0.2, 0.25) is 0 Å². The molecule has 1 aromatic carbocycles. The summed E-state index contributed by atoms with van der Waals surface area (Å²) in [5, 5.41) is 9.19. The Labute approximate surface area is 75.1 Å². The molecule has 0 saturated heterocycles. The van der Waals surface area contributed by atoms with Crippen LogP contribution < -0.4 is 11.3 Å². The minimum Gasteiger partial charge on any atom is -0.506 e. The third-order valence-electron chi connectivity index (χ3n) is 1.57. The van der Waals surface area contributed by atoms with E-state index < -0.39 is 5.97 Å². The van der Waals surface area contributed by atoms with Crippen molar-refractivity contribution in [2.24, 2.45) is 5.84 Å². The lowest BCUT2D eigenvalue weighted by molar-refractivity contribution is 0.0601. The van der Waals surface area contributed by atoms with Gasteiger partial charge in [-0.15, -0.1) is 0 Å². The first kappa shape index (κ1) is 9.34. The van der Waals surface area contributed by atoms with Crippen LogP contribution in [0.3, 0.4) is 0 Å². The lowest BCUT2D eigenvalue weighted by Gasteiger charge is -2.05. The average Bonchev–Trinajstić information content (AvgIpc) is 2.17. The number of carbonyl (C=O) groups is 1. The molecule has 0 atom stereocenters. The molecule has 0 aliphatic heterocycles. The van der Waals surface area contributed by atoms with Gasteiger partial charge in [-0.3, -0.25) is 5.84 Å². The van der Waals surface area contributed by atoms with E-state index in [0.717, 1.165) is 0 Å². The van der Waals surface area contributed by atoms with Crippen molar-refractivity contribution in [3.63, 3.8) is 0 Å². The minimum absolute atomic E-state index is 0.0184. The number of phenols is 1. The van der Waals surface area contributed by atoms with Crippen LogP contribution in [0, 0.1) is 0 Å². The second-order valence-corrected chi connectivity index (χ2v) is 2.37. The summed E-state index contributed by atoms with van der Waals surface area (Å²) < 4.78 is 4.49. The number of phenolic OH excluding ortho intramolecular Hbond substituents is 1. The lowest BCUT2D eigenvalue weighted by atomic mass is 10.2. The largest absolute Gasteiger partial charge is 0.506 e. The number of nitrogens with two attached hydrogens (primary N) is 1. The number of nitrogens with one attached hydrogen (secondary N) is 1. The molecule has 0 unspecified atom stereocenters. The molecule has 0 aliphatic rings. The highest BCUT2D eigenvalue weighted by Gasteiger charge is 2.07. The normalized spacial score (nSPS) is 9.38. The van der Waals surface area contributed by atoms with E-state index in [0.29, 0.717) is 5.56 Å². The van der Waals surface area contributed by atoms with Crippen LogP contribution in [0.25, 0.3) is 0 Å². The van der Waals surface area contributed by atoms with Crippen molar-refractivity contribution in [3.05, 3.63) is 23.8 Å². The van der Waals surface area contributed by atoms with Crippen molar-refractivity contribution in [2.45, 2.75) is 0 Å². The maximum absolute atomic E-state index is 11.0. The molecule has 1 aromatic rings. The quantitative estimate of drug-likeness (QED) is 0.268. The van der Waals surface area contributed by atoms with E-state index in [4.69, 9.17) is 5.84 Å². The van der Waals surface area contributed by atoms with Gasteiger partial charge in [-0.25, -0.2) is 4.79 Å². The molecule has 0 aromatic heterocycles. The van der Waals surface area contributed by atoms with Crippen molar-refractivity contribution in [3.8, 4) is 5.75 Å². The lowest BCUT2D eigenvalue weighted by Crippen LogP contribution is -2.08. The van der Waals surface area contributed by atoms with Gasteiger partial charge in [-0.2, -0.15) is 0 Å². The van der Waals surface area contributed by atoms with Gasteiger partial charge in [0.1, 0.15) is 5.75 Å². The molecule has 70 valence electrons. The van der Waals surface area contributed by atoms with Crippen molar-refractivity contribution in [2.75, 3.05) is 12.5 Å². The van der Waals surface area contributed by atoms with Gasteiger partial charge < -0.3 is 15.3 Å². The Morgan fingerprint density at radius 2 is 2.31 bits per heavy atom. The van der Waals surface area contributed by atoms with Gasteiger partial charge in [-0.05, 0) is 18.2 Å². The number of anilines is 1. The number of nitrogen functional groups attached to an aromatic ring is 1. The predicted molar refractivity (Wildman–Crippen MR) is 47.3 cm³/mol. The molecular weight excluding hydrogens is 172 g/mol. The summed E-state index contributed by atoms with van der Waals surface area (Å²) >= 11 is 0. The number of methoxy groups -OCH3 is 1. The Kier molecular flexibility index (Phi) is 2.71. The zero-order chi connectivity index (χ0) is 9.84. The van der Waals surface area contributed by atoms with Gasteiger partial charge in [-0.1, -0.05) is 0 Å². The topological polar surface area (TPSA) is 84.6 Å². The smallest absolute Gasteiger partial charge is 0.337 e. The van der Waals surface area contributed by atoms with Crippen LogP contribution in [0.1, 0.15) is 10.4 Å². The first-order valence-corrected chi connectivity index (χ1v) is 3.57. The van der Waals surface area contributed by atoms with Gasteiger partial charge in [0, 0.05) is 0 Å². The van der Waals surface area contributed by atoms with Crippen LogP contribution in [0.2, 0.25) is 0 Å². The van der Waals surface area contributed by atoms with E-state index in [9.17, 15) is 9.90 Å². The van der Waals surface area contributed by atoms with Crippen molar-refractivity contribution in [1.82, 2.24) is 0 Å². The SMILES string of the molecule is COC(=O)c1ccc(O)c(NN)c1. The summed E-state index contributed by atoms with van der Waals surface area (Å²) in [4.78, 5) is 11.0. The Bertz CT molecular complexity index is 325. The Hall–Kier alpha value is -1.75. The minimum atomic E-state index is -0.475. The van der Waals surface area contributed by atoms with Crippen molar-refractivity contribution >= 4 is 11.7 Å². The van der Waals surface area contributed by atoms with E-state index in [1.54, 1.807) is 0 Å². The standard InChI is InChI=1S/C8H10N2O3/c1-13-8(12)5-2-3-7(11)6(4-5)10-9/h2-4,10-11H,9H2,1H3. The second-order valence-electron chi connectivity index (χ2n) is 2.37. The molecule has 13 heavy (non-hydrogen) atoms. The van der Waals surface area contributed by atoms with Gasteiger partial charge in [0.25, 0.3) is 0 Å². The molecular formula is C8H10N2O3. The number of benzene rings is 1. The summed E-state index contributed by atoms with van der Waals surface area (Å²) in [5.41, 5.74) is 2.86. The molecule has 0 fully saturated rings. The summed E-state index contributed by atoms with van der Waals surface area (Å²) in [6, 6.07) is 4.21. The molecule has 0 aliphatic carbocycles. The van der Waals surface area contributed by atoms with Crippen LogP contribution in [-0.4, -0.2) is 18.2 Å². The highest BCUT2D eigenvalue weighted by atomic mass is 16.5. The number of hydrogen-bond donors (Lipinski definition) is 3. The Morgan fingerprint density at radius 1 is 1.62 bits per heavy atom. The van der Waals surface area contributed by atoms with Crippen LogP contribution in [0.5, 0.6) is 5.75 Å². The number of rotatable bonds is 2. The number of carbonyl (C=O) groups excluding carboxylic acids is 1. The number of hydrazine groups is 1. The zero-order valence-corrected chi connectivity index (χ0v) is 7.07. The summed E-state index contributed by atoms with van der Waals surface area (Å²) in [5.74, 6) is 4.61. The highest BCUT2D eigenvalue weighted by molar-refractivity contribution is 5.91. The third kappa shape index (κ3) is 1.88. The van der Waals surface area contributed by atoms with Crippen LogP contribution in [0.4, 0.5) is 5.69 Å².